The van der Waals surface area contributed by atoms with E-state index in [1.54, 1.807) is 20.4 Å². The zero-order valence-electron chi connectivity index (χ0n) is 11.3. The van der Waals surface area contributed by atoms with E-state index in [4.69, 9.17) is 15.2 Å². The second kappa shape index (κ2) is 6.24. The summed E-state index contributed by atoms with van der Waals surface area (Å²) in [6.45, 7) is 1.28. The zero-order chi connectivity index (χ0) is 13.7. The smallest absolute Gasteiger partial charge is 0.124 e. The monoisotopic (exact) mass is 261 g/mol. The van der Waals surface area contributed by atoms with Crippen LogP contribution in [0.3, 0.4) is 0 Å². The van der Waals surface area contributed by atoms with Crippen LogP contribution in [0.5, 0.6) is 11.5 Å². The Kier molecular flexibility index (Phi) is 4.41. The number of hydrogen-bond acceptors (Lipinski definition) is 4. The molecule has 2 N–H and O–H groups in total. The van der Waals surface area contributed by atoms with Gasteiger partial charge in [0.25, 0.3) is 0 Å². The van der Waals surface area contributed by atoms with Gasteiger partial charge in [-0.05, 0) is 24.7 Å². The average molecular weight is 261 g/mol. The number of rotatable bonds is 6. The first-order chi connectivity index (χ1) is 9.28. The molecular weight excluding hydrogens is 242 g/mol. The molecule has 1 aromatic heterocycles. The van der Waals surface area contributed by atoms with Crippen LogP contribution < -0.4 is 15.2 Å². The number of benzene rings is 1. The van der Waals surface area contributed by atoms with Gasteiger partial charge in [0.15, 0.2) is 0 Å². The van der Waals surface area contributed by atoms with E-state index in [0.717, 1.165) is 29.3 Å². The van der Waals surface area contributed by atoms with Crippen molar-refractivity contribution in [1.29, 1.82) is 0 Å². The molecule has 0 bridgehead atoms. The van der Waals surface area contributed by atoms with Gasteiger partial charge in [0.1, 0.15) is 17.3 Å². The minimum atomic E-state index is 0.590. The van der Waals surface area contributed by atoms with Crippen molar-refractivity contribution in [2.24, 2.45) is 5.73 Å². The third-order valence-electron chi connectivity index (χ3n) is 3.00. The van der Waals surface area contributed by atoms with Crippen LogP contribution in [0.2, 0.25) is 0 Å². The molecule has 0 aliphatic rings. The van der Waals surface area contributed by atoms with Gasteiger partial charge in [0, 0.05) is 24.4 Å². The zero-order valence-corrected chi connectivity index (χ0v) is 11.3. The molecule has 19 heavy (non-hydrogen) atoms. The Morgan fingerprint density at radius 3 is 2.79 bits per heavy atom. The molecule has 0 unspecified atom stereocenters. The molecule has 0 aliphatic carbocycles. The lowest BCUT2D eigenvalue weighted by atomic mass is 10.2. The highest BCUT2D eigenvalue weighted by Crippen LogP contribution is 2.25. The summed E-state index contributed by atoms with van der Waals surface area (Å²) >= 11 is 0. The quantitative estimate of drug-likeness (QED) is 0.855. The summed E-state index contributed by atoms with van der Waals surface area (Å²) < 4.78 is 12.7. The standard InChI is InChI=1S/C14H19N3O2/c1-18-12-3-4-13(19-2)11(9-12)10-17-8-7-16-14(17)5-6-15/h3-4,7-9H,5-6,10,15H2,1-2H3. The molecule has 0 fully saturated rings. The molecule has 0 saturated carbocycles. The number of ether oxygens (including phenoxy) is 2. The lowest BCUT2D eigenvalue weighted by Crippen LogP contribution is -2.11. The molecule has 102 valence electrons. The fourth-order valence-electron chi connectivity index (χ4n) is 2.03. The number of imidazole rings is 1. The lowest BCUT2D eigenvalue weighted by Gasteiger charge is -2.12. The molecule has 1 heterocycles. The second-order valence-electron chi connectivity index (χ2n) is 4.19. The molecule has 0 radical (unpaired) electrons. The molecule has 0 aliphatic heterocycles. The van der Waals surface area contributed by atoms with E-state index < -0.39 is 0 Å². The van der Waals surface area contributed by atoms with E-state index in [9.17, 15) is 0 Å². The Hall–Kier alpha value is -2.01. The maximum atomic E-state index is 5.59. The van der Waals surface area contributed by atoms with E-state index in [1.807, 2.05) is 24.4 Å². The summed E-state index contributed by atoms with van der Waals surface area (Å²) in [5.41, 5.74) is 6.64. The Morgan fingerprint density at radius 1 is 1.26 bits per heavy atom. The Morgan fingerprint density at radius 2 is 2.11 bits per heavy atom. The largest absolute Gasteiger partial charge is 0.497 e. The van der Waals surface area contributed by atoms with Gasteiger partial charge in [-0.25, -0.2) is 4.98 Å². The number of nitrogens with two attached hydrogens (primary N) is 1. The Balaban J connectivity index is 2.28. The van der Waals surface area contributed by atoms with E-state index in [0.29, 0.717) is 13.1 Å². The summed E-state index contributed by atoms with van der Waals surface area (Å²) in [5, 5.41) is 0. The number of aromatic nitrogens is 2. The normalized spacial score (nSPS) is 10.5. The highest BCUT2D eigenvalue weighted by molar-refractivity contribution is 5.40. The van der Waals surface area contributed by atoms with Gasteiger partial charge in [-0.15, -0.1) is 0 Å². The van der Waals surface area contributed by atoms with Crippen molar-refractivity contribution in [2.75, 3.05) is 20.8 Å². The maximum Gasteiger partial charge on any atom is 0.124 e. The number of nitrogens with zero attached hydrogens (tertiary/aromatic N) is 2. The summed E-state index contributed by atoms with van der Waals surface area (Å²) in [7, 11) is 3.32. The van der Waals surface area contributed by atoms with E-state index in [-0.39, 0.29) is 0 Å². The first-order valence-electron chi connectivity index (χ1n) is 6.19. The molecule has 2 rings (SSSR count). The van der Waals surface area contributed by atoms with Crippen molar-refractivity contribution in [1.82, 2.24) is 9.55 Å². The summed E-state index contributed by atoms with van der Waals surface area (Å²) in [6, 6.07) is 5.77. The summed E-state index contributed by atoms with van der Waals surface area (Å²) in [4.78, 5) is 4.31. The topological polar surface area (TPSA) is 62.3 Å². The SMILES string of the molecule is COc1ccc(OC)c(Cn2ccnc2CCN)c1. The fourth-order valence-corrected chi connectivity index (χ4v) is 2.03. The van der Waals surface area contributed by atoms with E-state index in [1.165, 1.54) is 0 Å². The van der Waals surface area contributed by atoms with Crippen LogP contribution >= 0.6 is 0 Å². The highest BCUT2D eigenvalue weighted by Gasteiger charge is 2.08. The van der Waals surface area contributed by atoms with Crippen LogP contribution in [-0.2, 0) is 13.0 Å². The maximum absolute atomic E-state index is 5.59. The van der Waals surface area contributed by atoms with Gasteiger partial charge in [-0.1, -0.05) is 0 Å². The van der Waals surface area contributed by atoms with Gasteiger partial charge in [0.05, 0.1) is 20.8 Å². The minimum absolute atomic E-state index is 0.590. The minimum Gasteiger partial charge on any atom is -0.497 e. The van der Waals surface area contributed by atoms with Crippen molar-refractivity contribution in [3.63, 3.8) is 0 Å². The molecule has 0 atom stereocenters. The molecule has 0 spiro atoms. The predicted molar refractivity (Wildman–Crippen MR) is 73.6 cm³/mol. The average Bonchev–Trinajstić information content (AvgIpc) is 2.86. The highest BCUT2D eigenvalue weighted by atomic mass is 16.5. The van der Waals surface area contributed by atoms with Crippen LogP contribution in [0.15, 0.2) is 30.6 Å². The third-order valence-corrected chi connectivity index (χ3v) is 3.00. The van der Waals surface area contributed by atoms with Crippen molar-refractivity contribution in [2.45, 2.75) is 13.0 Å². The predicted octanol–water partition coefficient (Wildman–Crippen LogP) is 1.45. The number of methoxy groups -OCH3 is 2. The molecule has 2 aromatic rings. The van der Waals surface area contributed by atoms with Crippen molar-refractivity contribution < 1.29 is 9.47 Å². The van der Waals surface area contributed by atoms with Gasteiger partial charge in [0.2, 0.25) is 0 Å². The van der Waals surface area contributed by atoms with E-state index >= 15 is 0 Å². The summed E-state index contributed by atoms with van der Waals surface area (Å²) in [5.74, 6) is 2.64. The van der Waals surface area contributed by atoms with Crippen molar-refractivity contribution in [3.8, 4) is 11.5 Å². The van der Waals surface area contributed by atoms with Gasteiger partial charge in [-0.2, -0.15) is 0 Å². The van der Waals surface area contributed by atoms with Crippen LogP contribution in [0.1, 0.15) is 11.4 Å². The molecular formula is C14H19N3O2. The van der Waals surface area contributed by atoms with Crippen LogP contribution in [0.4, 0.5) is 0 Å². The van der Waals surface area contributed by atoms with Gasteiger partial charge < -0.3 is 19.8 Å². The van der Waals surface area contributed by atoms with Gasteiger partial charge >= 0.3 is 0 Å². The Labute approximate surface area is 113 Å². The van der Waals surface area contributed by atoms with Crippen LogP contribution in [0.25, 0.3) is 0 Å². The Bertz CT molecular complexity index is 537. The van der Waals surface area contributed by atoms with Gasteiger partial charge in [-0.3, -0.25) is 0 Å². The number of hydrogen-bond donors (Lipinski definition) is 1. The van der Waals surface area contributed by atoms with Crippen LogP contribution in [0, 0.1) is 0 Å². The fraction of sp³-hybridized carbons (Fsp3) is 0.357. The second-order valence-corrected chi connectivity index (χ2v) is 4.19. The first kappa shape index (κ1) is 13.4. The summed E-state index contributed by atoms with van der Waals surface area (Å²) in [6.07, 6.45) is 4.50. The molecule has 0 amide bonds. The molecule has 5 nitrogen and oxygen atoms in total. The van der Waals surface area contributed by atoms with Crippen LogP contribution in [-0.4, -0.2) is 30.3 Å². The lowest BCUT2D eigenvalue weighted by molar-refractivity contribution is 0.397. The third kappa shape index (κ3) is 3.06. The first-order valence-corrected chi connectivity index (χ1v) is 6.19. The van der Waals surface area contributed by atoms with E-state index in [2.05, 4.69) is 9.55 Å². The molecule has 5 heteroatoms. The van der Waals surface area contributed by atoms with Crippen molar-refractivity contribution >= 4 is 0 Å². The van der Waals surface area contributed by atoms with Crippen molar-refractivity contribution in [3.05, 3.63) is 42.0 Å². The molecule has 1 aromatic carbocycles. The molecule has 0 saturated heterocycles.